The van der Waals surface area contributed by atoms with E-state index in [9.17, 15) is 8.78 Å². The summed E-state index contributed by atoms with van der Waals surface area (Å²) < 4.78 is 26.6. The van der Waals surface area contributed by atoms with Crippen LogP contribution in [0, 0.1) is 11.6 Å². The predicted molar refractivity (Wildman–Crippen MR) is 74.2 cm³/mol. The topological polar surface area (TPSA) is 63.8 Å². The molecule has 1 heterocycles. The number of nitrogens with zero attached hydrogens (tertiary/aromatic N) is 2. The third-order valence-corrected chi connectivity index (χ3v) is 2.75. The molecule has 20 heavy (non-hydrogen) atoms. The zero-order chi connectivity index (χ0) is 14.7. The maximum atomic E-state index is 13.5. The third kappa shape index (κ3) is 3.40. The van der Waals surface area contributed by atoms with E-state index in [0.717, 1.165) is 18.2 Å². The van der Waals surface area contributed by atoms with E-state index in [0.29, 0.717) is 17.5 Å². The smallest absolute Gasteiger partial charge is 0.135 e. The molecule has 3 N–H and O–H groups in total. The Morgan fingerprint density at radius 2 is 1.95 bits per heavy atom. The van der Waals surface area contributed by atoms with Crippen LogP contribution in [0.3, 0.4) is 0 Å². The minimum atomic E-state index is -0.478. The van der Waals surface area contributed by atoms with E-state index in [1.807, 2.05) is 13.8 Å². The molecule has 0 saturated heterocycles. The van der Waals surface area contributed by atoms with Gasteiger partial charge in [-0.05, 0) is 18.2 Å². The first-order valence-corrected chi connectivity index (χ1v) is 6.28. The van der Waals surface area contributed by atoms with Crippen molar-refractivity contribution in [2.24, 2.45) is 0 Å². The first kappa shape index (κ1) is 14.2. The number of halogens is 2. The van der Waals surface area contributed by atoms with Gasteiger partial charge in [0.1, 0.15) is 29.1 Å². The number of hydrogen-bond acceptors (Lipinski definition) is 4. The molecule has 0 spiro atoms. The van der Waals surface area contributed by atoms with Gasteiger partial charge in [0.05, 0.1) is 0 Å². The van der Waals surface area contributed by atoms with Crippen molar-refractivity contribution in [3.8, 4) is 0 Å². The van der Waals surface area contributed by atoms with Gasteiger partial charge in [0.15, 0.2) is 0 Å². The summed E-state index contributed by atoms with van der Waals surface area (Å²) in [6.07, 6.45) is 0. The number of nitrogens with one attached hydrogen (secondary N) is 1. The Hall–Kier alpha value is -2.24. The van der Waals surface area contributed by atoms with Gasteiger partial charge < -0.3 is 11.1 Å². The number of nitrogens with two attached hydrogens (primary N) is 1. The van der Waals surface area contributed by atoms with Crippen LogP contribution in [0.1, 0.15) is 31.2 Å². The van der Waals surface area contributed by atoms with Gasteiger partial charge in [-0.25, -0.2) is 18.7 Å². The van der Waals surface area contributed by atoms with Crippen molar-refractivity contribution in [2.45, 2.75) is 26.3 Å². The van der Waals surface area contributed by atoms with Gasteiger partial charge in [0.2, 0.25) is 0 Å². The van der Waals surface area contributed by atoms with Crippen LogP contribution >= 0.6 is 0 Å². The Labute approximate surface area is 116 Å². The van der Waals surface area contributed by atoms with Crippen molar-refractivity contribution in [3.63, 3.8) is 0 Å². The molecule has 0 saturated carbocycles. The highest BCUT2D eigenvalue weighted by molar-refractivity contribution is 5.45. The van der Waals surface area contributed by atoms with Gasteiger partial charge in [0, 0.05) is 24.1 Å². The third-order valence-electron chi connectivity index (χ3n) is 2.75. The van der Waals surface area contributed by atoms with Crippen LogP contribution < -0.4 is 11.1 Å². The molecule has 0 bridgehead atoms. The Balaban J connectivity index is 2.16. The van der Waals surface area contributed by atoms with Gasteiger partial charge in [-0.1, -0.05) is 13.8 Å². The van der Waals surface area contributed by atoms with Gasteiger partial charge in [-0.3, -0.25) is 0 Å². The van der Waals surface area contributed by atoms with Crippen molar-refractivity contribution in [1.29, 1.82) is 0 Å². The van der Waals surface area contributed by atoms with Gasteiger partial charge >= 0.3 is 0 Å². The molecule has 0 unspecified atom stereocenters. The largest absolute Gasteiger partial charge is 0.384 e. The molecule has 0 aliphatic heterocycles. The van der Waals surface area contributed by atoms with Gasteiger partial charge in [-0.2, -0.15) is 0 Å². The second-order valence-electron chi connectivity index (χ2n) is 4.78. The summed E-state index contributed by atoms with van der Waals surface area (Å²) in [7, 11) is 0. The molecule has 2 aromatic rings. The molecular formula is C14H16F2N4. The standard InChI is InChI=1S/C14H16F2N4/c1-8(2)14-19-12(17)6-13(20-14)18-7-9-5-10(15)3-4-11(9)16/h3-6,8H,7H2,1-2H3,(H3,17,18,19,20). The summed E-state index contributed by atoms with van der Waals surface area (Å²) in [5.41, 5.74) is 5.92. The Morgan fingerprint density at radius 1 is 1.20 bits per heavy atom. The number of aromatic nitrogens is 2. The van der Waals surface area contributed by atoms with Crippen LogP contribution in [0.4, 0.5) is 20.4 Å². The quantitative estimate of drug-likeness (QED) is 0.902. The molecule has 0 amide bonds. The molecule has 106 valence electrons. The van der Waals surface area contributed by atoms with Crippen molar-refractivity contribution < 1.29 is 8.78 Å². The zero-order valence-corrected chi connectivity index (χ0v) is 11.3. The van der Waals surface area contributed by atoms with Crippen molar-refractivity contribution in [3.05, 3.63) is 47.3 Å². The number of hydrogen-bond donors (Lipinski definition) is 2. The first-order chi connectivity index (χ1) is 9.45. The van der Waals surface area contributed by atoms with Crippen molar-refractivity contribution in [2.75, 3.05) is 11.1 Å². The molecule has 0 aliphatic carbocycles. The Kier molecular flexibility index (Phi) is 4.12. The highest BCUT2D eigenvalue weighted by Gasteiger charge is 2.08. The zero-order valence-electron chi connectivity index (χ0n) is 11.3. The van der Waals surface area contributed by atoms with Crippen LogP contribution in [0.2, 0.25) is 0 Å². The van der Waals surface area contributed by atoms with E-state index in [1.54, 1.807) is 6.07 Å². The first-order valence-electron chi connectivity index (χ1n) is 6.28. The fourth-order valence-electron chi connectivity index (χ4n) is 1.70. The van der Waals surface area contributed by atoms with Crippen LogP contribution in [0.25, 0.3) is 0 Å². The second-order valence-corrected chi connectivity index (χ2v) is 4.78. The van der Waals surface area contributed by atoms with Gasteiger partial charge in [0.25, 0.3) is 0 Å². The molecule has 0 radical (unpaired) electrons. The maximum absolute atomic E-state index is 13.5. The lowest BCUT2D eigenvalue weighted by atomic mass is 10.2. The van der Waals surface area contributed by atoms with Gasteiger partial charge in [-0.15, -0.1) is 0 Å². The van der Waals surface area contributed by atoms with E-state index >= 15 is 0 Å². The molecule has 2 rings (SSSR count). The predicted octanol–water partition coefficient (Wildman–Crippen LogP) is 3.07. The molecule has 0 atom stereocenters. The summed E-state index contributed by atoms with van der Waals surface area (Å²) in [5.74, 6) is 0.617. The average molecular weight is 278 g/mol. The van der Waals surface area contributed by atoms with E-state index in [2.05, 4.69) is 15.3 Å². The van der Waals surface area contributed by atoms with E-state index < -0.39 is 11.6 Å². The summed E-state index contributed by atoms with van der Waals surface area (Å²) in [5, 5.41) is 2.93. The maximum Gasteiger partial charge on any atom is 0.135 e. The minimum Gasteiger partial charge on any atom is -0.384 e. The Bertz CT molecular complexity index is 614. The SMILES string of the molecule is CC(C)c1nc(N)cc(NCc2cc(F)ccc2F)n1. The van der Waals surface area contributed by atoms with Crippen molar-refractivity contribution >= 4 is 11.6 Å². The molecule has 1 aromatic heterocycles. The Morgan fingerprint density at radius 3 is 2.65 bits per heavy atom. The lowest BCUT2D eigenvalue weighted by Gasteiger charge is -2.10. The number of benzene rings is 1. The molecule has 6 heteroatoms. The minimum absolute atomic E-state index is 0.123. The number of nitrogen functional groups attached to an aromatic ring is 1. The summed E-state index contributed by atoms with van der Waals surface area (Å²) >= 11 is 0. The van der Waals surface area contributed by atoms with Crippen LogP contribution in [-0.4, -0.2) is 9.97 Å². The monoisotopic (exact) mass is 278 g/mol. The number of anilines is 2. The molecule has 0 aliphatic rings. The van der Waals surface area contributed by atoms with Crippen LogP contribution in [0.15, 0.2) is 24.3 Å². The summed E-state index contributed by atoms with van der Waals surface area (Å²) in [6.45, 7) is 4.02. The number of rotatable bonds is 4. The lowest BCUT2D eigenvalue weighted by molar-refractivity contribution is 0.587. The lowest BCUT2D eigenvalue weighted by Crippen LogP contribution is -2.08. The van der Waals surface area contributed by atoms with E-state index in [1.165, 1.54) is 0 Å². The molecular weight excluding hydrogens is 262 g/mol. The van der Waals surface area contributed by atoms with Crippen LogP contribution in [-0.2, 0) is 6.54 Å². The normalized spacial score (nSPS) is 10.8. The van der Waals surface area contributed by atoms with Crippen molar-refractivity contribution in [1.82, 2.24) is 9.97 Å². The molecule has 1 aromatic carbocycles. The second kappa shape index (κ2) is 5.81. The summed E-state index contributed by atoms with van der Waals surface area (Å²) in [4.78, 5) is 8.39. The highest BCUT2D eigenvalue weighted by Crippen LogP contribution is 2.17. The fraction of sp³-hybridized carbons (Fsp3) is 0.286. The van der Waals surface area contributed by atoms with Crippen LogP contribution in [0.5, 0.6) is 0 Å². The molecule has 4 nitrogen and oxygen atoms in total. The highest BCUT2D eigenvalue weighted by atomic mass is 19.1. The fourth-order valence-corrected chi connectivity index (χ4v) is 1.70. The van der Waals surface area contributed by atoms with E-state index in [4.69, 9.17) is 5.73 Å². The molecule has 0 fully saturated rings. The van der Waals surface area contributed by atoms with E-state index in [-0.39, 0.29) is 18.0 Å². The summed E-state index contributed by atoms with van der Waals surface area (Å²) in [6, 6.07) is 4.89. The average Bonchev–Trinajstić information content (AvgIpc) is 2.39.